The third-order valence-corrected chi connectivity index (χ3v) is 6.06. The zero-order valence-corrected chi connectivity index (χ0v) is 18.3. The molecule has 1 aromatic heterocycles. The van der Waals surface area contributed by atoms with E-state index in [-0.39, 0.29) is 17.3 Å². The van der Waals surface area contributed by atoms with Crippen LogP contribution in [0, 0.1) is 10.1 Å². The molecular formula is C25H21N5O4. The van der Waals surface area contributed by atoms with Crippen molar-refractivity contribution in [2.75, 3.05) is 12.0 Å². The van der Waals surface area contributed by atoms with Gasteiger partial charge in [0.1, 0.15) is 17.6 Å². The highest BCUT2D eigenvalue weighted by Crippen LogP contribution is 2.43. The molecule has 170 valence electrons. The van der Waals surface area contributed by atoms with Crippen LogP contribution in [0.1, 0.15) is 40.0 Å². The summed E-state index contributed by atoms with van der Waals surface area (Å²) in [4.78, 5) is 30.8. The number of ether oxygens (including phenoxy) is 1. The first-order valence-electron chi connectivity index (χ1n) is 10.7. The van der Waals surface area contributed by atoms with Gasteiger partial charge in [0.2, 0.25) is 5.95 Å². The van der Waals surface area contributed by atoms with Crippen LogP contribution in [-0.4, -0.2) is 32.7 Å². The highest BCUT2D eigenvalue weighted by atomic mass is 16.6. The average Bonchev–Trinajstić information content (AvgIpc) is 3.38. The van der Waals surface area contributed by atoms with Crippen LogP contribution in [-0.2, 0) is 0 Å². The second-order valence-corrected chi connectivity index (χ2v) is 7.91. The lowest BCUT2D eigenvalue weighted by atomic mass is 9.91. The van der Waals surface area contributed by atoms with Crippen molar-refractivity contribution in [3.8, 4) is 5.75 Å². The molecule has 0 unspecified atom stereocenters. The molecule has 2 heterocycles. The molecule has 9 nitrogen and oxygen atoms in total. The van der Waals surface area contributed by atoms with Gasteiger partial charge in [-0.3, -0.25) is 19.8 Å². The maximum absolute atomic E-state index is 13.8. The molecule has 0 saturated carbocycles. The first kappa shape index (κ1) is 21.3. The molecule has 2 atom stereocenters. The number of nitro benzene ring substituents is 1. The summed E-state index contributed by atoms with van der Waals surface area (Å²) in [5, 5.41) is 16.1. The van der Waals surface area contributed by atoms with Crippen LogP contribution < -0.4 is 9.64 Å². The van der Waals surface area contributed by atoms with Gasteiger partial charge in [-0.25, -0.2) is 4.68 Å². The second kappa shape index (κ2) is 8.78. The van der Waals surface area contributed by atoms with Crippen LogP contribution in [0.15, 0.2) is 85.2 Å². The molecule has 34 heavy (non-hydrogen) atoms. The Hall–Kier alpha value is -4.53. The van der Waals surface area contributed by atoms with E-state index in [2.05, 4.69) is 10.1 Å². The summed E-state index contributed by atoms with van der Waals surface area (Å²) in [5.41, 5.74) is 1.65. The number of nitro groups is 1. The lowest BCUT2D eigenvalue weighted by Gasteiger charge is -2.39. The minimum absolute atomic E-state index is 0.00544. The molecule has 3 aromatic carbocycles. The molecule has 0 aliphatic carbocycles. The first-order valence-corrected chi connectivity index (χ1v) is 10.7. The van der Waals surface area contributed by atoms with Crippen LogP contribution in [0.25, 0.3) is 0 Å². The van der Waals surface area contributed by atoms with Gasteiger partial charge in [0.05, 0.1) is 24.1 Å². The summed E-state index contributed by atoms with van der Waals surface area (Å²) in [6, 6.07) is 22.7. The number of rotatable bonds is 5. The lowest BCUT2D eigenvalue weighted by molar-refractivity contribution is -0.385. The third kappa shape index (κ3) is 3.66. The molecular weight excluding hydrogens is 434 g/mol. The first-order chi connectivity index (χ1) is 16.6. The van der Waals surface area contributed by atoms with E-state index in [0.29, 0.717) is 12.4 Å². The number of fused-ring (bicyclic) bond motifs is 1. The number of benzene rings is 3. The number of amides is 1. The van der Waals surface area contributed by atoms with Crippen molar-refractivity contribution in [2.24, 2.45) is 0 Å². The van der Waals surface area contributed by atoms with Crippen molar-refractivity contribution in [3.05, 3.63) is 112 Å². The molecule has 0 N–H and O–H groups in total. The summed E-state index contributed by atoms with van der Waals surface area (Å²) in [5.74, 6) is 0.582. The monoisotopic (exact) mass is 455 g/mol. The van der Waals surface area contributed by atoms with Gasteiger partial charge in [0.25, 0.3) is 11.6 Å². The van der Waals surface area contributed by atoms with E-state index in [1.165, 1.54) is 23.4 Å². The Morgan fingerprint density at radius 3 is 2.35 bits per heavy atom. The molecule has 0 saturated heterocycles. The average molecular weight is 455 g/mol. The summed E-state index contributed by atoms with van der Waals surface area (Å²) in [6.07, 6.45) is 1.91. The number of hydrogen-bond donors (Lipinski definition) is 0. The molecule has 1 aliphatic rings. The SMILES string of the molecule is COc1ccc([C@H]2C[C@@H](c3ccccc3)N(C(=O)c3ccccc3[N+](=O)[O-])c3ncnn32)cc1. The Balaban J connectivity index is 1.65. The van der Waals surface area contributed by atoms with Crippen LogP contribution in [0.4, 0.5) is 11.6 Å². The van der Waals surface area contributed by atoms with Crippen LogP contribution in [0.5, 0.6) is 5.75 Å². The minimum Gasteiger partial charge on any atom is -0.497 e. The number of para-hydroxylation sites is 1. The third-order valence-electron chi connectivity index (χ3n) is 6.06. The minimum atomic E-state index is -0.542. The van der Waals surface area contributed by atoms with Gasteiger partial charge in [0, 0.05) is 6.07 Å². The Kier molecular flexibility index (Phi) is 5.51. The van der Waals surface area contributed by atoms with Gasteiger partial charge >= 0.3 is 0 Å². The van der Waals surface area contributed by atoms with E-state index in [1.807, 2.05) is 54.6 Å². The zero-order valence-electron chi connectivity index (χ0n) is 18.3. The number of aromatic nitrogens is 3. The fourth-order valence-corrected chi connectivity index (χ4v) is 4.43. The number of carbonyl (C=O) groups excluding carboxylic acids is 1. The van der Waals surface area contributed by atoms with E-state index in [4.69, 9.17) is 4.74 Å². The fraction of sp³-hybridized carbons (Fsp3) is 0.160. The van der Waals surface area contributed by atoms with Crippen molar-refractivity contribution in [1.29, 1.82) is 0 Å². The van der Waals surface area contributed by atoms with Crippen LogP contribution >= 0.6 is 0 Å². The summed E-state index contributed by atoms with van der Waals surface area (Å²) in [6.45, 7) is 0. The predicted octanol–water partition coefficient (Wildman–Crippen LogP) is 4.58. The second-order valence-electron chi connectivity index (χ2n) is 7.91. The van der Waals surface area contributed by atoms with Crippen molar-refractivity contribution in [1.82, 2.24) is 14.8 Å². The Morgan fingerprint density at radius 2 is 1.65 bits per heavy atom. The molecule has 0 spiro atoms. The Labute approximate surface area is 195 Å². The van der Waals surface area contributed by atoms with Gasteiger partial charge in [0.15, 0.2) is 0 Å². The van der Waals surface area contributed by atoms with Gasteiger partial charge in [-0.2, -0.15) is 10.1 Å². The van der Waals surface area contributed by atoms with Crippen molar-refractivity contribution in [2.45, 2.75) is 18.5 Å². The zero-order chi connectivity index (χ0) is 23.7. The van der Waals surface area contributed by atoms with Crippen LogP contribution in [0.2, 0.25) is 0 Å². The van der Waals surface area contributed by atoms with E-state index in [1.54, 1.807) is 23.9 Å². The molecule has 9 heteroatoms. The van der Waals surface area contributed by atoms with Gasteiger partial charge in [-0.15, -0.1) is 0 Å². The van der Waals surface area contributed by atoms with Gasteiger partial charge < -0.3 is 4.74 Å². The Morgan fingerprint density at radius 1 is 0.971 bits per heavy atom. The molecule has 5 rings (SSSR count). The maximum Gasteiger partial charge on any atom is 0.282 e. The summed E-state index contributed by atoms with van der Waals surface area (Å²) < 4.78 is 6.99. The molecule has 0 bridgehead atoms. The standard InChI is InChI=1S/C25H21N5O4/c1-34-19-13-11-18(12-14-19)23-15-22(17-7-3-2-4-8-17)28(25-26-16-27-29(23)25)24(31)20-9-5-6-10-21(20)30(32)33/h2-14,16,22-23H,15H2,1H3/t22-,23+/m0/s1. The number of anilines is 1. The summed E-state index contributed by atoms with van der Waals surface area (Å²) in [7, 11) is 1.61. The maximum atomic E-state index is 13.8. The molecule has 1 amide bonds. The number of carbonyl (C=O) groups is 1. The van der Waals surface area contributed by atoms with Crippen molar-refractivity contribution >= 4 is 17.5 Å². The number of hydrogen-bond acceptors (Lipinski definition) is 6. The number of nitrogens with zero attached hydrogens (tertiary/aromatic N) is 5. The molecule has 1 aliphatic heterocycles. The lowest BCUT2D eigenvalue weighted by Crippen LogP contribution is -2.42. The van der Waals surface area contributed by atoms with Gasteiger partial charge in [-0.05, 0) is 35.7 Å². The van der Waals surface area contributed by atoms with E-state index < -0.39 is 16.9 Å². The summed E-state index contributed by atoms with van der Waals surface area (Å²) >= 11 is 0. The Bertz CT molecular complexity index is 1340. The molecule has 0 radical (unpaired) electrons. The number of methoxy groups -OCH3 is 1. The van der Waals surface area contributed by atoms with E-state index in [9.17, 15) is 14.9 Å². The quantitative estimate of drug-likeness (QED) is 0.322. The smallest absolute Gasteiger partial charge is 0.282 e. The molecule has 0 fully saturated rings. The predicted molar refractivity (Wildman–Crippen MR) is 125 cm³/mol. The topological polar surface area (TPSA) is 103 Å². The van der Waals surface area contributed by atoms with Gasteiger partial charge in [-0.1, -0.05) is 54.6 Å². The highest BCUT2D eigenvalue weighted by molar-refractivity contribution is 6.08. The normalized spacial score (nSPS) is 17.1. The van der Waals surface area contributed by atoms with Crippen molar-refractivity contribution in [3.63, 3.8) is 0 Å². The fourth-order valence-electron chi connectivity index (χ4n) is 4.43. The largest absolute Gasteiger partial charge is 0.497 e. The highest BCUT2D eigenvalue weighted by Gasteiger charge is 2.41. The molecule has 4 aromatic rings. The van der Waals surface area contributed by atoms with Crippen molar-refractivity contribution < 1.29 is 14.5 Å². The van der Waals surface area contributed by atoms with Crippen LogP contribution in [0.3, 0.4) is 0 Å². The van der Waals surface area contributed by atoms with E-state index in [0.717, 1.165) is 16.9 Å². The van der Waals surface area contributed by atoms with E-state index >= 15 is 0 Å².